The summed E-state index contributed by atoms with van der Waals surface area (Å²) in [6.45, 7) is 0. The highest BCUT2D eigenvalue weighted by atomic mass is 32.2. The normalized spacial score (nSPS) is 14.8. The van der Waals surface area contributed by atoms with Crippen molar-refractivity contribution in [1.29, 1.82) is 0 Å². The van der Waals surface area contributed by atoms with Gasteiger partial charge in [0, 0.05) is 10.9 Å². The molecule has 0 bridgehead atoms. The molecule has 0 atom stereocenters. The van der Waals surface area contributed by atoms with Gasteiger partial charge in [0.2, 0.25) is 15.9 Å². The Morgan fingerprint density at radius 1 is 1.09 bits per heavy atom. The molecule has 0 saturated heterocycles. The number of nitrogens with one attached hydrogen (secondary N) is 1. The van der Waals surface area contributed by atoms with Crippen LogP contribution in [0.1, 0.15) is 29.8 Å². The summed E-state index contributed by atoms with van der Waals surface area (Å²) >= 11 is 0. The Morgan fingerprint density at radius 2 is 1.91 bits per heavy atom. The van der Waals surface area contributed by atoms with Crippen molar-refractivity contribution in [3.8, 4) is 0 Å². The summed E-state index contributed by atoms with van der Waals surface area (Å²) in [5.74, 6) is -0.0491. The van der Waals surface area contributed by atoms with Gasteiger partial charge in [0.1, 0.15) is 11.4 Å². The maximum Gasteiger partial charge on any atom is 0.241 e. The topological polar surface area (TPSA) is 98.2 Å². The van der Waals surface area contributed by atoms with E-state index in [-0.39, 0.29) is 11.6 Å². The Balaban J connectivity index is 1.60. The summed E-state index contributed by atoms with van der Waals surface area (Å²) < 4.78 is 37.6. The molecule has 1 aliphatic rings. The van der Waals surface area contributed by atoms with E-state index in [0.717, 1.165) is 36.9 Å². The molecule has 0 aliphatic heterocycles. The number of sulfonamides is 1. The minimum atomic E-state index is -3.66. The smallest absolute Gasteiger partial charge is 0.241 e. The summed E-state index contributed by atoms with van der Waals surface area (Å²) in [4.78, 5) is 0. The van der Waals surface area contributed by atoms with Crippen LogP contribution >= 0.6 is 0 Å². The lowest BCUT2D eigenvalue weighted by atomic mass is 9.98. The van der Waals surface area contributed by atoms with Crippen LogP contribution in [0.5, 0.6) is 0 Å². The van der Waals surface area contributed by atoms with Gasteiger partial charge in [0.25, 0.3) is 0 Å². The standard InChI is InChI=1S/C15H15N3O4S/c19-23(20,9-13-10-5-2-4-8-14(10)21-17-13)18-15-11-6-1-3-7-12(11)16-22-15/h2,4-5,8,18H,1,3,6-7,9H2. The van der Waals surface area contributed by atoms with Crippen molar-refractivity contribution >= 4 is 26.9 Å². The van der Waals surface area contributed by atoms with Crippen molar-refractivity contribution in [2.24, 2.45) is 0 Å². The molecule has 23 heavy (non-hydrogen) atoms. The van der Waals surface area contributed by atoms with Crippen LogP contribution in [0, 0.1) is 0 Å². The second kappa shape index (κ2) is 5.38. The van der Waals surface area contributed by atoms with Crippen LogP contribution in [-0.4, -0.2) is 18.7 Å². The van der Waals surface area contributed by atoms with Crippen molar-refractivity contribution in [2.75, 3.05) is 4.72 Å². The van der Waals surface area contributed by atoms with E-state index in [1.807, 2.05) is 12.1 Å². The molecule has 0 unspecified atom stereocenters. The first-order chi connectivity index (χ1) is 11.1. The Hall–Kier alpha value is -2.35. The molecular formula is C15H15N3O4S. The van der Waals surface area contributed by atoms with Crippen molar-refractivity contribution < 1.29 is 17.5 Å². The fourth-order valence-corrected chi connectivity index (χ4v) is 3.95. The third-order valence-corrected chi connectivity index (χ3v) is 5.14. The van der Waals surface area contributed by atoms with Gasteiger partial charge in [-0.2, -0.15) is 0 Å². The lowest BCUT2D eigenvalue weighted by Crippen LogP contribution is -2.16. The Kier molecular flexibility index (Phi) is 3.33. The summed E-state index contributed by atoms with van der Waals surface area (Å²) in [6.07, 6.45) is 3.67. The monoisotopic (exact) mass is 333 g/mol. The molecule has 4 rings (SSSR count). The van der Waals surface area contributed by atoms with Gasteiger partial charge in [-0.3, -0.25) is 4.72 Å². The van der Waals surface area contributed by atoms with Gasteiger partial charge in [-0.05, 0) is 37.8 Å². The van der Waals surface area contributed by atoms with E-state index in [4.69, 9.17) is 9.05 Å². The maximum absolute atomic E-state index is 12.4. The molecular weight excluding hydrogens is 318 g/mol. The van der Waals surface area contributed by atoms with Crippen molar-refractivity contribution in [2.45, 2.75) is 31.4 Å². The third-order valence-electron chi connectivity index (χ3n) is 3.99. The Labute approximate surface area is 132 Å². The quantitative estimate of drug-likeness (QED) is 0.788. The third kappa shape index (κ3) is 2.70. The van der Waals surface area contributed by atoms with Gasteiger partial charge in [0.05, 0.1) is 5.69 Å². The highest BCUT2D eigenvalue weighted by Crippen LogP contribution is 2.29. The minimum Gasteiger partial charge on any atom is -0.356 e. The second-order valence-electron chi connectivity index (χ2n) is 5.63. The fraction of sp³-hybridized carbons (Fsp3) is 0.333. The molecule has 120 valence electrons. The molecule has 0 spiro atoms. The average Bonchev–Trinajstić information content (AvgIpc) is 3.12. The van der Waals surface area contributed by atoms with E-state index < -0.39 is 10.0 Å². The molecule has 0 saturated carbocycles. The number of hydrogen-bond acceptors (Lipinski definition) is 6. The van der Waals surface area contributed by atoms with Crippen LogP contribution in [0.3, 0.4) is 0 Å². The molecule has 1 aliphatic carbocycles. The van der Waals surface area contributed by atoms with E-state index in [1.165, 1.54) is 0 Å². The number of fused-ring (bicyclic) bond motifs is 2. The molecule has 3 aromatic rings. The van der Waals surface area contributed by atoms with Gasteiger partial charge in [0.15, 0.2) is 5.58 Å². The number of nitrogens with zero attached hydrogens (tertiary/aromatic N) is 2. The average molecular weight is 333 g/mol. The molecule has 0 fully saturated rings. The highest BCUT2D eigenvalue weighted by molar-refractivity contribution is 7.91. The lowest BCUT2D eigenvalue weighted by Gasteiger charge is -2.10. The van der Waals surface area contributed by atoms with E-state index >= 15 is 0 Å². The first-order valence-electron chi connectivity index (χ1n) is 7.43. The van der Waals surface area contributed by atoms with Crippen molar-refractivity contribution in [1.82, 2.24) is 10.3 Å². The van der Waals surface area contributed by atoms with Crippen molar-refractivity contribution in [3.63, 3.8) is 0 Å². The predicted octanol–water partition coefficient (Wildman–Crippen LogP) is 2.64. The highest BCUT2D eigenvalue weighted by Gasteiger charge is 2.24. The number of hydrogen-bond donors (Lipinski definition) is 1. The number of rotatable bonds is 4. The van der Waals surface area contributed by atoms with Gasteiger partial charge < -0.3 is 9.05 Å². The number of anilines is 1. The predicted molar refractivity (Wildman–Crippen MR) is 83.4 cm³/mol. The zero-order valence-corrected chi connectivity index (χ0v) is 13.1. The number of aryl methyl sites for hydroxylation is 1. The van der Waals surface area contributed by atoms with Crippen LogP contribution in [0.15, 0.2) is 33.3 Å². The van der Waals surface area contributed by atoms with Gasteiger partial charge in [-0.1, -0.05) is 22.4 Å². The summed E-state index contributed by atoms with van der Waals surface area (Å²) in [7, 11) is -3.66. The molecule has 1 N–H and O–H groups in total. The molecule has 8 heteroatoms. The number of para-hydroxylation sites is 1. The zero-order chi connectivity index (χ0) is 15.9. The van der Waals surface area contributed by atoms with E-state index in [2.05, 4.69) is 15.0 Å². The first kappa shape index (κ1) is 14.3. The molecule has 2 heterocycles. The van der Waals surface area contributed by atoms with Gasteiger partial charge in [-0.25, -0.2) is 8.42 Å². The largest absolute Gasteiger partial charge is 0.356 e. The number of benzene rings is 1. The van der Waals surface area contributed by atoms with Crippen LogP contribution < -0.4 is 4.72 Å². The van der Waals surface area contributed by atoms with E-state index in [9.17, 15) is 8.42 Å². The molecule has 2 aromatic heterocycles. The van der Waals surface area contributed by atoms with Crippen LogP contribution in [0.4, 0.5) is 5.88 Å². The Bertz CT molecular complexity index is 958. The summed E-state index contributed by atoms with van der Waals surface area (Å²) in [5.41, 5.74) is 2.65. The summed E-state index contributed by atoms with van der Waals surface area (Å²) in [5, 5.41) is 8.50. The van der Waals surface area contributed by atoms with Crippen LogP contribution in [0.25, 0.3) is 11.0 Å². The molecule has 1 aromatic carbocycles. The van der Waals surface area contributed by atoms with Crippen LogP contribution in [-0.2, 0) is 28.6 Å². The van der Waals surface area contributed by atoms with E-state index in [1.54, 1.807) is 12.1 Å². The first-order valence-corrected chi connectivity index (χ1v) is 9.09. The molecule has 0 amide bonds. The zero-order valence-electron chi connectivity index (χ0n) is 12.3. The second-order valence-corrected chi connectivity index (χ2v) is 7.35. The lowest BCUT2D eigenvalue weighted by molar-refractivity contribution is 0.426. The Morgan fingerprint density at radius 3 is 2.83 bits per heavy atom. The maximum atomic E-state index is 12.4. The molecule has 7 nitrogen and oxygen atoms in total. The van der Waals surface area contributed by atoms with Gasteiger partial charge >= 0.3 is 0 Å². The van der Waals surface area contributed by atoms with Gasteiger partial charge in [-0.15, -0.1) is 0 Å². The SMILES string of the molecule is O=S(=O)(Cc1noc2ccccc12)Nc1onc2c1CCCC2. The number of aromatic nitrogens is 2. The van der Waals surface area contributed by atoms with Crippen LogP contribution in [0.2, 0.25) is 0 Å². The fourth-order valence-electron chi connectivity index (χ4n) is 2.87. The minimum absolute atomic E-state index is 0.229. The van der Waals surface area contributed by atoms with E-state index in [0.29, 0.717) is 16.7 Å². The summed E-state index contributed by atoms with van der Waals surface area (Å²) in [6, 6.07) is 7.16. The molecule has 0 radical (unpaired) electrons. The van der Waals surface area contributed by atoms with Crippen molar-refractivity contribution in [3.05, 3.63) is 41.2 Å².